The van der Waals surface area contributed by atoms with Gasteiger partial charge in [-0.05, 0) is 211 Å². The SMILES string of the molecule is [C-]#[N+]c1ccc2c(c1)B1c3cc4c(cc3Oc3cc(N(c5ccccc5)c5ccccc5)cc(c31)O2)N(c1c(C)cc(C)cc1C)c1cc(N(c2ccccc2)c2ccccc2)cc2c1B4c1cc3c(cc1N2c1c(C)cc(C)cc1C)Oc1cc(N(c2ccccc2)c2ccccc2)cc2c1B3c1cc(C#N)ccc1O2. The van der Waals surface area contributed by atoms with Crippen molar-refractivity contribution in [2.24, 2.45) is 0 Å². The number of benzene rings is 15. The van der Waals surface area contributed by atoms with Crippen LogP contribution in [0.3, 0.4) is 0 Å². The van der Waals surface area contributed by atoms with Crippen LogP contribution in [0.1, 0.15) is 38.9 Å². The first-order valence-electron chi connectivity index (χ1n) is 38.0. The number of para-hydroxylation sites is 6. The zero-order chi connectivity index (χ0) is 75.3. The number of hydrogen-bond donors (Lipinski definition) is 0. The van der Waals surface area contributed by atoms with Crippen LogP contribution in [0.2, 0.25) is 0 Å². The molecule has 0 saturated heterocycles. The summed E-state index contributed by atoms with van der Waals surface area (Å²) in [4.78, 5) is 16.1. The maximum Gasteiger partial charge on any atom is 0.260 e. The van der Waals surface area contributed by atoms with E-state index in [0.29, 0.717) is 57.2 Å². The standard InChI is InChI=1S/C98H68B3N7O4/c1-59-42-61(3)97(62(4)43-59)107-82-56-88-80(100-78-46-65(58-102)38-40-86(78)109-90-50-74(52-92(111-88)95(90)100)105(69-30-18-10-19-31-69)70-32-20-11-21-33-70)54-76(82)99-77-55-81-89(112-93-53-75(106(71-34-22-12-23-35-71)72-36-24-13-25-37-72)51-91-96(93)101(81)79-47-66(103-7)39-41-87(79)110-91)57-83(77)108(98-63(5)44-60(2)45-64(98)6)85-49-73(48-84(107)94(85)99)104(67-26-14-8-15-27-67)68-28-16-9-17-29-68/h8-57H,1-6H3. The van der Waals surface area contributed by atoms with Crippen molar-refractivity contribution in [3.8, 4) is 52.1 Å². The summed E-state index contributed by atoms with van der Waals surface area (Å²) < 4.78 is 29.9. The van der Waals surface area contributed by atoms with Gasteiger partial charge in [-0.2, -0.15) is 5.26 Å². The lowest BCUT2D eigenvalue weighted by atomic mass is 9.29. The Labute approximate surface area is 652 Å². The van der Waals surface area contributed by atoms with Gasteiger partial charge >= 0.3 is 0 Å². The highest BCUT2D eigenvalue weighted by Gasteiger charge is 2.51. The average Bonchev–Trinajstić information content (AvgIpc) is 0.681. The van der Waals surface area contributed by atoms with E-state index in [2.05, 4.69) is 320 Å². The lowest BCUT2D eigenvalue weighted by molar-refractivity contribution is 0.464. The van der Waals surface area contributed by atoms with Crippen molar-refractivity contribution in [1.29, 1.82) is 5.26 Å². The molecule has 14 heteroatoms. The van der Waals surface area contributed by atoms with E-state index in [1.165, 1.54) is 0 Å². The van der Waals surface area contributed by atoms with E-state index >= 15 is 0 Å². The molecule has 0 fully saturated rings. The van der Waals surface area contributed by atoms with Crippen molar-refractivity contribution in [3.05, 3.63) is 354 Å². The number of fused-ring (bicyclic) bond motifs is 12. The Hall–Kier alpha value is -14.3. The summed E-state index contributed by atoms with van der Waals surface area (Å²) in [6.07, 6.45) is 0. The molecule has 21 rings (SSSR count). The van der Waals surface area contributed by atoms with Gasteiger partial charge in [0.05, 0.1) is 46.6 Å². The highest BCUT2D eigenvalue weighted by molar-refractivity contribution is 7.03. The first-order chi connectivity index (χ1) is 54.9. The number of anilines is 15. The minimum absolute atomic E-state index is 0.452. The molecule has 6 aliphatic rings. The Balaban J connectivity index is 0.878. The van der Waals surface area contributed by atoms with Gasteiger partial charge in [-0.15, -0.1) is 0 Å². The summed E-state index contributed by atoms with van der Waals surface area (Å²) in [5, 5.41) is 10.9. The Kier molecular flexibility index (Phi) is 15.1. The molecule has 11 nitrogen and oxygen atoms in total. The molecule has 0 atom stereocenters. The highest BCUT2D eigenvalue weighted by atomic mass is 16.5. The summed E-state index contributed by atoms with van der Waals surface area (Å²) in [6, 6.07) is 109. The van der Waals surface area contributed by atoms with Gasteiger partial charge in [0, 0.05) is 104 Å². The van der Waals surface area contributed by atoms with Gasteiger partial charge in [-0.3, -0.25) is 0 Å². The summed E-state index contributed by atoms with van der Waals surface area (Å²) in [5.41, 5.74) is 31.0. The van der Waals surface area contributed by atoms with Crippen molar-refractivity contribution in [1.82, 2.24) is 0 Å². The normalized spacial score (nSPS) is 12.9. The lowest BCUT2D eigenvalue weighted by Gasteiger charge is -2.47. The molecule has 0 N–H and O–H groups in total. The number of ether oxygens (including phenoxy) is 4. The van der Waals surface area contributed by atoms with E-state index in [1.807, 2.05) is 60.7 Å². The molecule has 528 valence electrons. The molecular weight excluding hydrogens is 1370 g/mol. The maximum atomic E-state index is 10.9. The van der Waals surface area contributed by atoms with Crippen LogP contribution in [0.4, 0.5) is 91.0 Å². The zero-order valence-electron chi connectivity index (χ0n) is 62.4. The monoisotopic (exact) mass is 1440 g/mol. The largest absolute Gasteiger partial charge is 0.458 e. The molecule has 0 bridgehead atoms. The predicted octanol–water partition coefficient (Wildman–Crippen LogP) is 19.9. The quantitative estimate of drug-likeness (QED) is 0.0923. The average molecular weight is 1440 g/mol. The van der Waals surface area contributed by atoms with Gasteiger partial charge in [0.15, 0.2) is 5.69 Å². The summed E-state index contributed by atoms with van der Waals surface area (Å²) in [5.74, 6) is 5.34. The maximum absolute atomic E-state index is 10.9. The Bertz CT molecular complexity index is 6040. The third kappa shape index (κ3) is 10.4. The van der Waals surface area contributed by atoms with Crippen LogP contribution in [0.15, 0.2) is 303 Å². The summed E-state index contributed by atoms with van der Waals surface area (Å²) >= 11 is 0. The van der Waals surface area contributed by atoms with Gasteiger partial charge in [0.1, 0.15) is 46.0 Å². The molecule has 0 spiro atoms. The highest BCUT2D eigenvalue weighted by Crippen LogP contribution is 2.54. The minimum Gasteiger partial charge on any atom is -0.458 e. The second-order valence-electron chi connectivity index (χ2n) is 30.1. The molecule has 0 aliphatic carbocycles. The third-order valence-electron chi connectivity index (χ3n) is 23.0. The fraction of sp³-hybridized carbons (Fsp3) is 0.0612. The number of nitrogens with zero attached hydrogens (tertiary/aromatic N) is 7. The van der Waals surface area contributed by atoms with Gasteiger partial charge in [0.25, 0.3) is 20.1 Å². The van der Waals surface area contributed by atoms with Crippen LogP contribution in [0.5, 0.6) is 46.0 Å². The molecule has 0 radical (unpaired) electrons. The number of aryl methyl sites for hydroxylation is 6. The van der Waals surface area contributed by atoms with E-state index < -0.39 is 20.1 Å². The lowest BCUT2D eigenvalue weighted by Crippen LogP contribution is -2.65. The first kappa shape index (κ1) is 65.9. The topological polar surface area (TPSA) is 81.3 Å². The Morgan fingerprint density at radius 1 is 0.295 bits per heavy atom. The number of nitriles is 1. The van der Waals surface area contributed by atoms with Crippen molar-refractivity contribution in [2.75, 3.05) is 24.5 Å². The van der Waals surface area contributed by atoms with Crippen molar-refractivity contribution in [3.63, 3.8) is 0 Å². The molecule has 15 aromatic rings. The van der Waals surface area contributed by atoms with Crippen molar-refractivity contribution >= 4 is 160 Å². The molecule has 112 heavy (non-hydrogen) atoms. The molecule has 6 heterocycles. The van der Waals surface area contributed by atoms with E-state index in [9.17, 15) is 5.26 Å². The minimum atomic E-state index is -0.480. The van der Waals surface area contributed by atoms with Gasteiger partial charge < -0.3 is 43.4 Å². The molecule has 6 aliphatic heterocycles. The first-order valence-corrected chi connectivity index (χ1v) is 38.0. The van der Waals surface area contributed by atoms with Gasteiger partial charge in [0.2, 0.25) is 0 Å². The smallest absolute Gasteiger partial charge is 0.260 e. The number of hydrogen-bond acceptors (Lipinski definition) is 10. The van der Waals surface area contributed by atoms with Crippen LogP contribution >= 0.6 is 0 Å². The van der Waals surface area contributed by atoms with Crippen molar-refractivity contribution in [2.45, 2.75) is 41.5 Å². The van der Waals surface area contributed by atoms with E-state index in [1.54, 1.807) is 0 Å². The Morgan fingerprint density at radius 2 is 0.607 bits per heavy atom. The van der Waals surface area contributed by atoms with E-state index in [-0.39, 0.29) is 0 Å². The summed E-state index contributed by atoms with van der Waals surface area (Å²) in [7, 11) is 0. The molecule has 0 unspecified atom stereocenters. The van der Waals surface area contributed by atoms with Crippen LogP contribution in [0, 0.1) is 59.4 Å². The molecule has 0 amide bonds. The zero-order valence-corrected chi connectivity index (χ0v) is 62.4. The van der Waals surface area contributed by atoms with Crippen LogP contribution < -0.4 is 92.6 Å². The second kappa shape index (κ2) is 25.7. The summed E-state index contributed by atoms with van der Waals surface area (Å²) in [6.45, 7) is 20.5. The molecule has 0 aromatic heterocycles. The Morgan fingerprint density at radius 3 is 0.955 bits per heavy atom. The van der Waals surface area contributed by atoms with Crippen LogP contribution in [-0.2, 0) is 0 Å². The molecule has 15 aromatic carbocycles. The van der Waals surface area contributed by atoms with E-state index in [4.69, 9.17) is 25.5 Å². The van der Waals surface area contributed by atoms with E-state index in [0.717, 1.165) is 168 Å². The second-order valence-corrected chi connectivity index (χ2v) is 30.1. The fourth-order valence-electron chi connectivity index (χ4n) is 18.8. The van der Waals surface area contributed by atoms with Gasteiger partial charge in [-0.1, -0.05) is 169 Å². The third-order valence-corrected chi connectivity index (χ3v) is 23.0. The van der Waals surface area contributed by atoms with Gasteiger partial charge in [-0.25, -0.2) is 4.85 Å². The van der Waals surface area contributed by atoms with Crippen LogP contribution in [-0.4, -0.2) is 20.1 Å². The number of rotatable bonds is 11. The van der Waals surface area contributed by atoms with Crippen LogP contribution in [0.25, 0.3) is 4.85 Å². The molecular formula is C98H68B3N7O4. The molecule has 0 saturated carbocycles. The predicted molar refractivity (Wildman–Crippen MR) is 459 cm³/mol. The fourth-order valence-corrected chi connectivity index (χ4v) is 18.8. The van der Waals surface area contributed by atoms with Crippen molar-refractivity contribution < 1.29 is 18.9 Å².